The zero-order valence-electron chi connectivity index (χ0n) is 19.0. The van der Waals surface area contributed by atoms with E-state index in [0.29, 0.717) is 23.2 Å². The molecule has 7 nitrogen and oxygen atoms in total. The van der Waals surface area contributed by atoms with Gasteiger partial charge in [-0.15, -0.1) is 0 Å². The van der Waals surface area contributed by atoms with Crippen molar-refractivity contribution >= 4 is 41.6 Å². The first-order valence-electron chi connectivity index (χ1n) is 11.4. The van der Waals surface area contributed by atoms with Crippen molar-refractivity contribution in [1.82, 2.24) is 24.9 Å². The van der Waals surface area contributed by atoms with Gasteiger partial charge in [0.1, 0.15) is 13.7 Å². The summed E-state index contributed by atoms with van der Waals surface area (Å²) in [5, 5.41) is 11.9. The molecule has 0 aliphatic carbocycles. The minimum Gasteiger partial charge on any atom is -0.370 e. The summed E-state index contributed by atoms with van der Waals surface area (Å²) < 4.78 is 1.73. The van der Waals surface area contributed by atoms with Crippen molar-refractivity contribution in [3.63, 3.8) is 0 Å². The molecule has 3 aromatic heterocycles. The lowest BCUT2D eigenvalue weighted by Crippen LogP contribution is -2.24. The van der Waals surface area contributed by atoms with Gasteiger partial charge in [0.15, 0.2) is 5.65 Å². The molecule has 34 heavy (non-hydrogen) atoms. The van der Waals surface area contributed by atoms with E-state index in [1.54, 1.807) is 10.7 Å². The minimum absolute atomic E-state index is 0.0539. The molecule has 2 radical (unpaired) electrons. The maximum absolute atomic E-state index is 12.4. The van der Waals surface area contributed by atoms with Gasteiger partial charge in [-0.2, -0.15) is 9.61 Å². The Bertz CT molecular complexity index is 1470. The van der Waals surface area contributed by atoms with Gasteiger partial charge in [0.2, 0.25) is 0 Å². The zero-order chi connectivity index (χ0) is 23.5. The Morgan fingerprint density at radius 2 is 1.94 bits per heavy atom. The van der Waals surface area contributed by atoms with Crippen molar-refractivity contribution in [3.05, 3.63) is 78.1 Å². The third-order valence-corrected chi connectivity index (χ3v) is 5.93. The first kappa shape index (κ1) is 21.8. The molecular formula is C26H25BN6O. The van der Waals surface area contributed by atoms with Crippen LogP contribution in [0.1, 0.15) is 28.8 Å². The molecule has 0 aliphatic rings. The van der Waals surface area contributed by atoms with Crippen molar-refractivity contribution in [2.24, 2.45) is 0 Å². The number of hydrogen-bond acceptors (Lipinski definition) is 4. The molecule has 0 saturated heterocycles. The Labute approximate surface area is 199 Å². The van der Waals surface area contributed by atoms with Crippen molar-refractivity contribution in [2.75, 3.05) is 18.4 Å². The van der Waals surface area contributed by atoms with Crippen LogP contribution in [-0.2, 0) is 0 Å². The molecule has 0 aliphatic heterocycles. The number of unbranched alkanes of at least 4 members (excludes halogenated alkanes) is 1. The van der Waals surface area contributed by atoms with Crippen molar-refractivity contribution in [1.29, 1.82) is 0 Å². The molecule has 0 atom stereocenters. The van der Waals surface area contributed by atoms with Gasteiger partial charge >= 0.3 is 0 Å². The highest BCUT2D eigenvalue weighted by molar-refractivity contribution is 6.36. The SMILES string of the molecule is [B]c1cnn2c(NCCCCNC(=O)c3ccc4[nH]ccc4c3)cc(-c3ccccc3C)nc12. The second kappa shape index (κ2) is 9.43. The highest BCUT2D eigenvalue weighted by Crippen LogP contribution is 2.24. The number of nitrogens with one attached hydrogen (secondary N) is 3. The smallest absolute Gasteiger partial charge is 0.251 e. The summed E-state index contributed by atoms with van der Waals surface area (Å²) in [7, 11) is 6.11. The quantitative estimate of drug-likeness (QED) is 0.250. The van der Waals surface area contributed by atoms with Crippen LogP contribution >= 0.6 is 0 Å². The summed E-state index contributed by atoms with van der Waals surface area (Å²) in [6.07, 6.45) is 5.23. The summed E-state index contributed by atoms with van der Waals surface area (Å²) in [4.78, 5) is 20.3. The topological polar surface area (TPSA) is 87.1 Å². The number of aromatic amines is 1. The second-order valence-corrected chi connectivity index (χ2v) is 8.35. The molecule has 8 heteroatoms. The molecule has 3 heterocycles. The highest BCUT2D eigenvalue weighted by Gasteiger charge is 2.12. The van der Waals surface area contributed by atoms with Gasteiger partial charge in [-0.05, 0) is 55.1 Å². The van der Waals surface area contributed by atoms with E-state index in [2.05, 4.69) is 39.8 Å². The van der Waals surface area contributed by atoms with Gasteiger partial charge in [0, 0.05) is 53.6 Å². The van der Waals surface area contributed by atoms with Gasteiger partial charge < -0.3 is 15.6 Å². The van der Waals surface area contributed by atoms with Gasteiger partial charge in [0.25, 0.3) is 5.91 Å². The number of benzene rings is 2. The number of anilines is 1. The maximum Gasteiger partial charge on any atom is 0.251 e. The average Bonchev–Trinajstić information content (AvgIpc) is 3.47. The largest absolute Gasteiger partial charge is 0.370 e. The lowest BCUT2D eigenvalue weighted by Gasteiger charge is -2.12. The number of nitrogens with zero attached hydrogens (tertiary/aromatic N) is 3. The molecule has 0 unspecified atom stereocenters. The van der Waals surface area contributed by atoms with Crippen LogP contribution in [0.2, 0.25) is 0 Å². The number of aromatic nitrogens is 4. The number of fused-ring (bicyclic) bond motifs is 2. The Morgan fingerprint density at radius 3 is 2.82 bits per heavy atom. The number of hydrogen-bond donors (Lipinski definition) is 3. The summed E-state index contributed by atoms with van der Waals surface area (Å²) in [6.45, 7) is 3.41. The minimum atomic E-state index is -0.0539. The highest BCUT2D eigenvalue weighted by atomic mass is 16.1. The zero-order valence-corrected chi connectivity index (χ0v) is 19.0. The predicted octanol–water partition coefficient (Wildman–Crippen LogP) is 3.60. The Hall–Kier alpha value is -4.07. The van der Waals surface area contributed by atoms with E-state index in [9.17, 15) is 4.79 Å². The molecule has 0 bridgehead atoms. The molecule has 1 amide bonds. The molecule has 0 saturated carbocycles. The van der Waals surface area contributed by atoms with Crippen LogP contribution in [0, 0.1) is 6.92 Å². The third-order valence-electron chi connectivity index (χ3n) is 5.93. The molecular weight excluding hydrogens is 423 g/mol. The van der Waals surface area contributed by atoms with E-state index in [1.807, 2.05) is 48.7 Å². The van der Waals surface area contributed by atoms with Crippen molar-refractivity contribution < 1.29 is 4.79 Å². The van der Waals surface area contributed by atoms with Gasteiger partial charge in [-0.3, -0.25) is 4.79 Å². The van der Waals surface area contributed by atoms with Gasteiger partial charge in [-0.25, -0.2) is 4.98 Å². The number of rotatable bonds is 8. The van der Waals surface area contributed by atoms with Crippen molar-refractivity contribution in [3.8, 4) is 11.3 Å². The van der Waals surface area contributed by atoms with Crippen LogP contribution in [0.4, 0.5) is 5.82 Å². The maximum atomic E-state index is 12.4. The van der Waals surface area contributed by atoms with Crippen LogP contribution in [0.25, 0.3) is 27.8 Å². The number of carbonyl (C=O) groups excluding carboxylic acids is 1. The van der Waals surface area contributed by atoms with E-state index in [-0.39, 0.29) is 5.91 Å². The molecule has 5 aromatic rings. The Balaban J connectivity index is 1.19. The summed E-state index contributed by atoms with van der Waals surface area (Å²) in [6, 6.07) is 17.8. The molecule has 5 rings (SSSR count). The second-order valence-electron chi connectivity index (χ2n) is 8.35. The monoisotopic (exact) mass is 448 g/mol. The Kier molecular flexibility index (Phi) is 6.04. The van der Waals surface area contributed by atoms with Gasteiger partial charge in [0.05, 0.1) is 5.69 Å². The molecule has 0 spiro atoms. The van der Waals surface area contributed by atoms with Crippen LogP contribution in [0.3, 0.4) is 0 Å². The first-order chi connectivity index (χ1) is 16.6. The number of H-pyrrole nitrogens is 1. The van der Waals surface area contributed by atoms with E-state index >= 15 is 0 Å². The summed E-state index contributed by atoms with van der Waals surface area (Å²) in [5.41, 5.74) is 5.94. The average molecular weight is 448 g/mol. The number of amides is 1. The van der Waals surface area contributed by atoms with E-state index in [1.165, 1.54) is 0 Å². The number of aryl methyl sites for hydroxylation is 1. The lowest BCUT2D eigenvalue weighted by molar-refractivity contribution is 0.0953. The molecule has 3 N–H and O–H groups in total. The fraction of sp³-hybridized carbons (Fsp3) is 0.192. The van der Waals surface area contributed by atoms with Crippen LogP contribution in [-0.4, -0.2) is 46.4 Å². The van der Waals surface area contributed by atoms with E-state index < -0.39 is 0 Å². The predicted molar refractivity (Wildman–Crippen MR) is 137 cm³/mol. The first-order valence-corrected chi connectivity index (χ1v) is 11.4. The van der Waals surface area contributed by atoms with Crippen LogP contribution < -0.4 is 16.1 Å². The van der Waals surface area contributed by atoms with Gasteiger partial charge in [-0.1, -0.05) is 24.3 Å². The van der Waals surface area contributed by atoms with E-state index in [0.717, 1.165) is 52.9 Å². The molecule has 0 fully saturated rings. The lowest BCUT2D eigenvalue weighted by atomic mass is 10.00. The fourth-order valence-corrected chi connectivity index (χ4v) is 4.07. The molecule has 2 aromatic carbocycles. The van der Waals surface area contributed by atoms with Crippen LogP contribution in [0.5, 0.6) is 0 Å². The summed E-state index contributed by atoms with van der Waals surface area (Å²) in [5.74, 6) is 0.783. The van der Waals surface area contributed by atoms with E-state index in [4.69, 9.17) is 12.8 Å². The Morgan fingerprint density at radius 1 is 1.09 bits per heavy atom. The number of carbonyl (C=O) groups is 1. The normalized spacial score (nSPS) is 11.2. The van der Waals surface area contributed by atoms with Crippen LogP contribution in [0.15, 0.2) is 67.0 Å². The fourth-order valence-electron chi connectivity index (χ4n) is 4.07. The van der Waals surface area contributed by atoms with Crippen molar-refractivity contribution in [2.45, 2.75) is 19.8 Å². The molecule has 168 valence electrons. The third kappa shape index (κ3) is 4.39. The summed E-state index contributed by atoms with van der Waals surface area (Å²) >= 11 is 0. The standard InChI is InChI=1S/C26H25BN6O/c1-17-6-2-3-7-20(17)23-15-24(33-25(32-23)21(27)16-31-33)29-11-4-5-12-30-26(34)19-8-9-22-18(14-19)10-13-28-22/h2-3,6-10,13-16,28-29H,4-5,11-12H2,1H3,(H,30,34).